The summed E-state index contributed by atoms with van der Waals surface area (Å²) in [5.41, 5.74) is 3.43. The number of aliphatic hydroxyl groups excluding tert-OH is 1. The van der Waals surface area contributed by atoms with Crippen molar-refractivity contribution in [3.63, 3.8) is 0 Å². The van der Waals surface area contributed by atoms with E-state index in [1.807, 2.05) is 73.3 Å². The zero-order valence-electron chi connectivity index (χ0n) is 21.5. The monoisotopic (exact) mass is 530 g/mol. The van der Waals surface area contributed by atoms with Crippen molar-refractivity contribution in [3.05, 3.63) is 94.1 Å². The molecule has 0 bridgehead atoms. The number of para-hydroxylation sites is 1. The molecule has 1 aromatic heterocycles. The number of anilines is 1. The number of hydrogen-bond acceptors (Lipinski definition) is 5. The van der Waals surface area contributed by atoms with Crippen LogP contribution in [-0.2, 0) is 23.1 Å². The van der Waals surface area contributed by atoms with Gasteiger partial charge in [0.05, 0.1) is 36.4 Å². The smallest absolute Gasteiger partial charge is 0.300 e. The van der Waals surface area contributed by atoms with Crippen LogP contribution < -0.4 is 14.4 Å². The highest BCUT2D eigenvalue weighted by molar-refractivity contribution is 6.52. The molecule has 1 N–H and O–H groups in total. The predicted octanol–water partition coefficient (Wildman–Crippen LogP) is 6.04. The fourth-order valence-electron chi connectivity index (χ4n) is 5.07. The summed E-state index contributed by atoms with van der Waals surface area (Å²) in [7, 11) is 4.81. The van der Waals surface area contributed by atoms with Crippen molar-refractivity contribution >= 4 is 45.6 Å². The Morgan fingerprint density at radius 1 is 1.00 bits per heavy atom. The first-order chi connectivity index (χ1) is 18.3. The summed E-state index contributed by atoms with van der Waals surface area (Å²) in [4.78, 5) is 28.7. The fraction of sp³-hybridized carbons (Fsp3) is 0.200. The largest absolute Gasteiger partial charge is 0.507 e. The van der Waals surface area contributed by atoms with Gasteiger partial charge >= 0.3 is 0 Å². The van der Waals surface area contributed by atoms with Crippen LogP contribution in [0.25, 0.3) is 16.7 Å². The lowest BCUT2D eigenvalue weighted by molar-refractivity contribution is -0.132. The molecule has 0 radical (unpaired) electrons. The van der Waals surface area contributed by atoms with Crippen molar-refractivity contribution in [3.8, 4) is 11.5 Å². The lowest BCUT2D eigenvalue weighted by Crippen LogP contribution is -2.29. The number of methoxy groups -OCH3 is 2. The molecule has 3 aromatic carbocycles. The van der Waals surface area contributed by atoms with Gasteiger partial charge in [0, 0.05) is 41.5 Å². The zero-order valence-corrected chi connectivity index (χ0v) is 22.2. The molecule has 0 spiro atoms. The van der Waals surface area contributed by atoms with E-state index in [0.717, 1.165) is 22.9 Å². The Hall–Kier alpha value is -4.23. The standard InChI is InChI=1S/C30H27ClN2O5/c1-5-17-10-12-18(13-11-17)33-27(21-16-32(2)23-9-7-6-8-19(21)23)26(29(35)30(33)36)28(34)20-14-22(31)25(38-4)15-24(20)37-3/h6-16,27,34H,5H2,1-4H3/b28-26+. The number of carbonyl (C=O) groups is 2. The summed E-state index contributed by atoms with van der Waals surface area (Å²) >= 11 is 6.38. The van der Waals surface area contributed by atoms with Crippen molar-refractivity contribution < 1.29 is 24.2 Å². The second-order valence-corrected chi connectivity index (χ2v) is 9.50. The zero-order chi connectivity index (χ0) is 27.1. The minimum atomic E-state index is -0.890. The van der Waals surface area contributed by atoms with E-state index in [0.29, 0.717) is 17.0 Å². The van der Waals surface area contributed by atoms with Crippen molar-refractivity contribution in [1.29, 1.82) is 0 Å². The molecule has 194 valence electrons. The van der Waals surface area contributed by atoms with Crippen LogP contribution in [0.1, 0.15) is 29.7 Å². The average Bonchev–Trinajstić information content (AvgIpc) is 3.41. The summed E-state index contributed by atoms with van der Waals surface area (Å²) in [6, 6.07) is 17.4. The maximum absolute atomic E-state index is 13.6. The van der Waals surface area contributed by atoms with Crippen LogP contribution in [0.4, 0.5) is 5.69 Å². The predicted molar refractivity (Wildman–Crippen MR) is 148 cm³/mol. The number of Topliss-reactive ketones (excluding diaryl/α,β-unsaturated/α-hetero) is 1. The van der Waals surface area contributed by atoms with Crippen LogP contribution in [-0.4, -0.2) is 35.6 Å². The van der Waals surface area contributed by atoms with Gasteiger partial charge < -0.3 is 19.1 Å². The minimum absolute atomic E-state index is 0.0505. The summed E-state index contributed by atoms with van der Waals surface area (Å²) in [6.45, 7) is 2.05. The molecule has 1 fully saturated rings. The van der Waals surface area contributed by atoms with Gasteiger partial charge in [-0.1, -0.05) is 48.9 Å². The topological polar surface area (TPSA) is 81.0 Å². The first-order valence-corrected chi connectivity index (χ1v) is 12.5. The van der Waals surface area contributed by atoms with Crippen LogP contribution in [0.5, 0.6) is 11.5 Å². The molecular formula is C30H27ClN2O5. The molecule has 1 atom stereocenters. The number of rotatable bonds is 6. The summed E-state index contributed by atoms with van der Waals surface area (Å²) in [5.74, 6) is -1.31. The number of aliphatic hydroxyl groups is 1. The molecule has 1 amide bonds. The first-order valence-electron chi connectivity index (χ1n) is 12.2. The van der Waals surface area contributed by atoms with Gasteiger partial charge in [-0.2, -0.15) is 0 Å². The molecule has 1 saturated heterocycles. The lowest BCUT2D eigenvalue weighted by atomic mass is 9.94. The van der Waals surface area contributed by atoms with Gasteiger partial charge in [0.15, 0.2) is 0 Å². The number of aromatic nitrogens is 1. The van der Waals surface area contributed by atoms with E-state index in [1.165, 1.54) is 31.3 Å². The number of ether oxygens (including phenoxy) is 2. The van der Waals surface area contributed by atoms with Crippen molar-refractivity contribution in [2.75, 3.05) is 19.1 Å². The van der Waals surface area contributed by atoms with E-state index in [-0.39, 0.29) is 27.7 Å². The average molecular weight is 531 g/mol. The van der Waals surface area contributed by atoms with Gasteiger partial charge in [-0.25, -0.2) is 0 Å². The van der Waals surface area contributed by atoms with E-state index in [4.69, 9.17) is 21.1 Å². The van der Waals surface area contributed by atoms with Gasteiger partial charge in [0.25, 0.3) is 11.7 Å². The van der Waals surface area contributed by atoms with Gasteiger partial charge in [-0.05, 0) is 36.2 Å². The number of hydrogen-bond donors (Lipinski definition) is 1. The third-order valence-corrected chi connectivity index (χ3v) is 7.31. The Labute approximate surface area is 225 Å². The molecule has 0 aliphatic carbocycles. The van der Waals surface area contributed by atoms with E-state index in [2.05, 4.69) is 0 Å². The number of ketones is 1. The number of aryl methyl sites for hydroxylation is 2. The molecule has 1 unspecified atom stereocenters. The van der Waals surface area contributed by atoms with Gasteiger partial charge in [0.1, 0.15) is 17.3 Å². The van der Waals surface area contributed by atoms with Crippen molar-refractivity contribution in [2.45, 2.75) is 19.4 Å². The van der Waals surface area contributed by atoms with E-state index in [1.54, 1.807) is 0 Å². The van der Waals surface area contributed by atoms with Crippen LogP contribution >= 0.6 is 11.6 Å². The first kappa shape index (κ1) is 25.4. The molecule has 5 rings (SSSR count). The van der Waals surface area contributed by atoms with Gasteiger partial charge in [-0.15, -0.1) is 0 Å². The number of carbonyl (C=O) groups excluding carboxylic acids is 2. The molecule has 1 aliphatic heterocycles. The van der Waals surface area contributed by atoms with Crippen LogP contribution in [0.15, 0.2) is 72.4 Å². The Morgan fingerprint density at radius 3 is 2.34 bits per heavy atom. The van der Waals surface area contributed by atoms with Crippen molar-refractivity contribution in [2.24, 2.45) is 7.05 Å². The second kappa shape index (κ2) is 9.91. The van der Waals surface area contributed by atoms with Gasteiger partial charge in [0.2, 0.25) is 0 Å². The van der Waals surface area contributed by atoms with E-state index in [9.17, 15) is 14.7 Å². The highest BCUT2D eigenvalue weighted by atomic mass is 35.5. The number of amides is 1. The lowest BCUT2D eigenvalue weighted by Gasteiger charge is -2.25. The fourth-order valence-corrected chi connectivity index (χ4v) is 5.31. The molecule has 38 heavy (non-hydrogen) atoms. The second-order valence-electron chi connectivity index (χ2n) is 9.09. The number of nitrogens with zero attached hydrogens (tertiary/aromatic N) is 2. The normalized spacial score (nSPS) is 16.9. The molecule has 1 aliphatic rings. The Morgan fingerprint density at radius 2 is 1.68 bits per heavy atom. The molecule has 8 heteroatoms. The van der Waals surface area contributed by atoms with E-state index >= 15 is 0 Å². The highest BCUT2D eigenvalue weighted by Gasteiger charge is 2.48. The molecule has 2 heterocycles. The van der Waals surface area contributed by atoms with Crippen LogP contribution in [0.2, 0.25) is 5.02 Å². The van der Waals surface area contributed by atoms with Crippen LogP contribution in [0.3, 0.4) is 0 Å². The summed E-state index contributed by atoms with van der Waals surface area (Å²) < 4.78 is 12.7. The third kappa shape index (κ3) is 4.00. The van der Waals surface area contributed by atoms with E-state index < -0.39 is 17.7 Å². The molecule has 0 saturated carbocycles. The Balaban J connectivity index is 1.81. The number of benzene rings is 3. The maximum atomic E-state index is 13.6. The van der Waals surface area contributed by atoms with Crippen LogP contribution in [0, 0.1) is 0 Å². The number of halogens is 1. The van der Waals surface area contributed by atoms with Gasteiger partial charge in [-0.3, -0.25) is 14.5 Å². The third-order valence-electron chi connectivity index (χ3n) is 7.02. The summed E-state index contributed by atoms with van der Waals surface area (Å²) in [6.07, 6.45) is 2.73. The minimum Gasteiger partial charge on any atom is -0.507 e. The number of fused-ring (bicyclic) bond motifs is 1. The summed E-state index contributed by atoms with van der Waals surface area (Å²) in [5, 5.41) is 12.7. The Kier molecular flexibility index (Phi) is 6.63. The maximum Gasteiger partial charge on any atom is 0.300 e. The Bertz CT molecular complexity index is 1600. The molecule has 7 nitrogen and oxygen atoms in total. The highest BCUT2D eigenvalue weighted by Crippen LogP contribution is 2.46. The SMILES string of the molecule is CCc1ccc(N2C(=O)C(=O)/C(=C(/O)c3cc(Cl)c(OC)cc3OC)C2c2cn(C)c3ccccc23)cc1. The molecule has 4 aromatic rings. The quantitative estimate of drug-likeness (QED) is 0.187. The van der Waals surface area contributed by atoms with Crippen molar-refractivity contribution in [1.82, 2.24) is 4.57 Å². The molecular weight excluding hydrogens is 504 g/mol.